The molecule has 2 aromatic rings. The molecule has 0 atom stereocenters. The molecule has 164 valence electrons. The van der Waals surface area contributed by atoms with Crippen molar-refractivity contribution in [3.63, 3.8) is 0 Å². The minimum Gasteiger partial charge on any atom is -0.450 e. The van der Waals surface area contributed by atoms with Crippen molar-refractivity contribution < 1.29 is 14.0 Å². The number of nitrogens with one attached hydrogen (secondary N) is 1. The zero-order chi connectivity index (χ0) is 23.0. The first kappa shape index (κ1) is 24.2. The molecule has 1 aromatic heterocycles. The molecule has 1 aliphatic rings. The Morgan fingerprint density at radius 3 is 2.58 bits per heavy atom. The highest BCUT2D eigenvalue weighted by molar-refractivity contribution is 6.30. The fourth-order valence-electron chi connectivity index (χ4n) is 2.93. The van der Waals surface area contributed by atoms with E-state index < -0.39 is 0 Å². The van der Waals surface area contributed by atoms with Gasteiger partial charge in [-0.15, -0.1) is 0 Å². The van der Waals surface area contributed by atoms with Crippen molar-refractivity contribution in [3.8, 4) is 11.1 Å². The Balaban J connectivity index is 0.00000107. The summed E-state index contributed by atoms with van der Waals surface area (Å²) in [5.41, 5.74) is 3.38. The first-order chi connectivity index (χ1) is 14.8. The third-order valence-corrected chi connectivity index (χ3v) is 4.68. The van der Waals surface area contributed by atoms with Crippen molar-refractivity contribution in [1.29, 1.82) is 0 Å². The molecule has 2 heterocycles. The minimum absolute atomic E-state index is 0.0211. The maximum Gasteiger partial charge on any atom is 0.291 e. The van der Waals surface area contributed by atoms with Crippen LogP contribution in [0.25, 0.3) is 16.7 Å². The molecule has 1 fully saturated rings. The van der Waals surface area contributed by atoms with Gasteiger partial charge in [0.1, 0.15) is 12.3 Å². The first-order valence-electron chi connectivity index (χ1n) is 10.3. The van der Waals surface area contributed by atoms with E-state index in [2.05, 4.69) is 25.7 Å². The Labute approximate surface area is 189 Å². The second-order valence-electron chi connectivity index (χ2n) is 7.17. The maximum atomic E-state index is 12.8. The Kier molecular flexibility index (Phi) is 8.88. The van der Waals surface area contributed by atoms with Crippen molar-refractivity contribution in [1.82, 2.24) is 10.2 Å². The average Bonchev–Trinajstić information content (AvgIpc) is 3.38. The highest BCUT2D eigenvalue weighted by Gasteiger charge is 2.28. The Hall–Kier alpha value is -3.05. The summed E-state index contributed by atoms with van der Waals surface area (Å²) in [4.78, 5) is 25.7. The lowest BCUT2D eigenvalue weighted by Crippen LogP contribution is -2.29. The molecular formula is C25H29ClN2O3. The smallest absolute Gasteiger partial charge is 0.291 e. The molecule has 0 radical (unpaired) electrons. The van der Waals surface area contributed by atoms with Crippen LogP contribution in [0.4, 0.5) is 0 Å². The molecule has 2 amide bonds. The van der Waals surface area contributed by atoms with Gasteiger partial charge in [0.05, 0.1) is 6.67 Å². The summed E-state index contributed by atoms with van der Waals surface area (Å²) >= 11 is 6.16. The number of carbonyl (C=O) groups excluding carboxylic acids is 2. The number of carbonyl (C=O) groups is 2. The third-order valence-electron chi connectivity index (χ3n) is 4.45. The van der Waals surface area contributed by atoms with Crippen LogP contribution in [0, 0.1) is 0 Å². The molecule has 1 saturated heterocycles. The number of halogens is 1. The van der Waals surface area contributed by atoms with Gasteiger partial charge >= 0.3 is 0 Å². The van der Waals surface area contributed by atoms with Crippen LogP contribution < -0.4 is 5.32 Å². The number of furan rings is 1. The topological polar surface area (TPSA) is 62.6 Å². The molecule has 0 bridgehead atoms. The van der Waals surface area contributed by atoms with E-state index in [1.54, 1.807) is 18.2 Å². The molecule has 6 heteroatoms. The van der Waals surface area contributed by atoms with Crippen LogP contribution in [0.1, 0.15) is 50.4 Å². The Morgan fingerprint density at radius 1 is 1.32 bits per heavy atom. The highest BCUT2D eigenvalue weighted by Crippen LogP contribution is 2.35. The number of hydrogen-bond acceptors (Lipinski definition) is 3. The predicted molar refractivity (Wildman–Crippen MR) is 127 cm³/mol. The summed E-state index contributed by atoms with van der Waals surface area (Å²) in [5, 5.41) is 3.21. The highest BCUT2D eigenvalue weighted by atomic mass is 35.5. The second-order valence-corrected chi connectivity index (χ2v) is 7.61. The van der Waals surface area contributed by atoms with Gasteiger partial charge in [0.2, 0.25) is 5.91 Å². The fraction of sp³-hybridized carbons (Fsp3) is 0.280. The van der Waals surface area contributed by atoms with Gasteiger partial charge in [0, 0.05) is 16.2 Å². The van der Waals surface area contributed by atoms with E-state index in [9.17, 15) is 9.59 Å². The van der Waals surface area contributed by atoms with E-state index in [0.717, 1.165) is 22.3 Å². The van der Waals surface area contributed by atoms with Crippen molar-refractivity contribution in [2.24, 2.45) is 0 Å². The predicted octanol–water partition coefficient (Wildman–Crippen LogP) is 6.08. The van der Waals surface area contributed by atoms with E-state index in [4.69, 9.17) is 16.0 Å². The molecule has 0 saturated carbocycles. The van der Waals surface area contributed by atoms with Crippen LogP contribution in [0.5, 0.6) is 0 Å². The van der Waals surface area contributed by atoms with Crippen LogP contribution in [0.2, 0.25) is 5.02 Å². The molecule has 0 aliphatic carbocycles. The largest absolute Gasteiger partial charge is 0.450 e. The van der Waals surface area contributed by atoms with E-state index in [0.29, 0.717) is 10.8 Å². The molecule has 3 rings (SSSR count). The fourth-order valence-corrected chi connectivity index (χ4v) is 3.12. The van der Waals surface area contributed by atoms with Crippen LogP contribution >= 0.6 is 11.6 Å². The number of amides is 2. The number of hydrogen-bond donors (Lipinski definition) is 1. The summed E-state index contributed by atoms with van der Waals surface area (Å²) in [6, 6.07) is 9.07. The summed E-state index contributed by atoms with van der Waals surface area (Å²) in [7, 11) is 0. The van der Waals surface area contributed by atoms with Gasteiger partial charge in [-0.3, -0.25) is 9.59 Å². The quantitative estimate of drug-likeness (QED) is 0.573. The van der Waals surface area contributed by atoms with Crippen molar-refractivity contribution >= 4 is 29.0 Å². The minimum atomic E-state index is -0.340. The van der Waals surface area contributed by atoms with Crippen molar-refractivity contribution in [3.05, 3.63) is 77.3 Å². The molecule has 0 spiro atoms. The van der Waals surface area contributed by atoms with Crippen LogP contribution in [-0.4, -0.2) is 29.9 Å². The second kappa shape index (κ2) is 11.4. The summed E-state index contributed by atoms with van der Waals surface area (Å²) < 4.78 is 6.00. The molecule has 0 unspecified atom stereocenters. The maximum absolute atomic E-state index is 12.8. The molecular weight excluding hydrogens is 412 g/mol. The number of rotatable bonds is 5. The SMILES string of the molecule is C=C/C(C)=C\C(=C/C)c1oc(C(=O)N2CNC(=O)C2)cc1-c1cccc(Cl)c1.CCC. The van der Waals surface area contributed by atoms with E-state index in [1.807, 2.05) is 44.2 Å². The summed E-state index contributed by atoms with van der Waals surface area (Å²) in [6.07, 6.45) is 6.85. The van der Waals surface area contributed by atoms with Gasteiger partial charge in [0.15, 0.2) is 5.76 Å². The van der Waals surface area contributed by atoms with Gasteiger partial charge < -0.3 is 14.6 Å². The molecule has 5 nitrogen and oxygen atoms in total. The standard InChI is InChI=1S/C22H21ClN2O3.C3H8/c1-4-14(3)9-15(5-2)21-18(16-7-6-8-17(23)10-16)11-19(28-21)22(27)25-12-20(26)24-13-25;1-3-2/h4-11H,1,12-13H2,2-3H3,(H,24,26);3H2,1-2H3/b14-9-,15-5+;. The number of benzene rings is 1. The Morgan fingerprint density at radius 2 is 2.03 bits per heavy atom. The first-order valence-corrected chi connectivity index (χ1v) is 10.6. The van der Waals surface area contributed by atoms with Gasteiger partial charge in [-0.25, -0.2) is 0 Å². The molecule has 31 heavy (non-hydrogen) atoms. The van der Waals surface area contributed by atoms with Gasteiger partial charge in [-0.1, -0.05) is 68.3 Å². The molecule has 1 aromatic carbocycles. The lowest BCUT2D eigenvalue weighted by atomic mass is 10.0. The Bertz CT molecular complexity index is 1020. The lowest BCUT2D eigenvalue weighted by molar-refractivity contribution is -0.118. The monoisotopic (exact) mass is 440 g/mol. The van der Waals surface area contributed by atoms with Crippen LogP contribution in [-0.2, 0) is 4.79 Å². The molecule has 1 aliphatic heterocycles. The summed E-state index contributed by atoms with van der Waals surface area (Å²) in [5.74, 6) is 0.208. The lowest BCUT2D eigenvalue weighted by Gasteiger charge is -2.10. The van der Waals surface area contributed by atoms with Crippen molar-refractivity contribution in [2.75, 3.05) is 13.2 Å². The van der Waals surface area contributed by atoms with Crippen molar-refractivity contribution in [2.45, 2.75) is 34.1 Å². The van der Waals surface area contributed by atoms with Crippen LogP contribution in [0.3, 0.4) is 0 Å². The van der Waals surface area contributed by atoms with Gasteiger partial charge in [-0.05, 0) is 43.7 Å². The van der Waals surface area contributed by atoms with E-state index >= 15 is 0 Å². The zero-order valence-corrected chi connectivity index (χ0v) is 19.3. The van der Waals surface area contributed by atoms with Crippen LogP contribution in [0.15, 0.2) is 65.1 Å². The average molecular weight is 441 g/mol. The van der Waals surface area contributed by atoms with Gasteiger partial charge in [-0.2, -0.15) is 0 Å². The zero-order valence-electron chi connectivity index (χ0n) is 18.5. The van der Waals surface area contributed by atoms with E-state index in [-0.39, 0.29) is 30.8 Å². The molecule has 1 N–H and O–H groups in total. The summed E-state index contributed by atoms with van der Waals surface area (Å²) in [6.45, 7) is 12.1. The third kappa shape index (κ3) is 6.22. The van der Waals surface area contributed by atoms with E-state index in [1.165, 1.54) is 11.3 Å². The van der Waals surface area contributed by atoms with Gasteiger partial charge in [0.25, 0.3) is 5.91 Å². The number of nitrogens with zero attached hydrogens (tertiary/aromatic N) is 1. The normalized spacial score (nSPS) is 14.1. The number of allylic oxidation sites excluding steroid dienone is 5.